The molecule has 1 aromatic heterocycles. The summed E-state index contributed by atoms with van der Waals surface area (Å²) in [6, 6.07) is 27.4. The number of ether oxygens (including phenoxy) is 1. The van der Waals surface area contributed by atoms with Crippen LogP contribution in [0.5, 0.6) is 5.75 Å². The van der Waals surface area contributed by atoms with Crippen molar-refractivity contribution < 1.29 is 4.74 Å². The molecule has 0 aliphatic carbocycles. The Hall–Kier alpha value is -3.07. The molecule has 0 aliphatic heterocycles. The minimum absolute atomic E-state index is 0.137. The Morgan fingerprint density at radius 1 is 0.862 bits per heavy atom. The third-order valence-corrected chi connectivity index (χ3v) is 5.43. The summed E-state index contributed by atoms with van der Waals surface area (Å²) < 4.78 is 8.42. The van der Waals surface area contributed by atoms with E-state index in [4.69, 9.17) is 9.72 Å². The summed E-state index contributed by atoms with van der Waals surface area (Å²) in [4.78, 5) is 4.87. The lowest BCUT2D eigenvalue weighted by Gasteiger charge is -2.20. The quantitative estimate of drug-likeness (QED) is 0.391. The van der Waals surface area contributed by atoms with E-state index in [0.717, 1.165) is 22.6 Å². The molecule has 0 spiro atoms. The van der Waals surface area contributed by atoms with Crippen LogP contribution in [-0.2, 0) is 12.0 Å². The smallest absolute Gasteiger partial charge is 0.148 e. The van der Waals surface area contributed by atoms with Crippen LogP contribution in [0.1, 0.15) is 50.7 Å². The first kappa shape index (κ1) is 19.3. The third kappa shape index (κ3) is 4.04. The second kappa shape index (κ2) is 7.75. The van der Waals surface area contributed by atoms with Crippen LogP contribution in [0.15, 0.2) is 78.9 Å². The van der Waals surface area contributed by atoms with E-state index >= 15 is 0 Å². The molecule has 4 aromatic rings. The number of fused-ring (bicyclic) bond motifs is 1. The SMILES string of the molecule is C[C@H](c1ccccc1)n1c(COc2ccc(C(C)(C)C)cc2)nc2ccccc21. The van der Waals surface area contributed by atoms with Gasteiger partial charge in [0.1, 0.15) is 18.2 Å². The normalized spacial score (nSPS) is 12.8. The average Bonchev–Trinajstić information content (AvgIpc) is 3.10. The van der Waals surface area contributed by atoms with Gasteiger partial charge in [-0.05, 0) is 47.7 Å². The van der Waals surface area contributed by atoms with E-state index in [1.54, 1.807) is 0 Å². The maximum atomic E-state index is 6.13. The first-order valence-electron chi connectivity index (χ1n) is 10.2. The summed E-state index contributed by atoms with van der Waals surface area (Å²) in [5.74, 6) is 1.80. The van der Waals surface area contributed by atoms with Gasteiger partial charge in [-0.3, -0.25) is 0 Å². The van der Waals surface area contributed by atoms with Gasteiger partial charge in [-0.15, -0.1) is 0 Å². The molecule has 1 heterocycles. The molecular formula is C26H28N2O. The Morgan fingerprint density at radius 3 is 2.21 bits per heavy atom. The van der Waals surface area contributed by atoms with Gasteiger partial charge in [-0.2, -0.15) is 0 Å². The standard InChI is InChI=1S/C26H28N2O/c1-19(20-10-6-5-7-11-20)28-24-13-9-8-12-23(24)27-25(28)18-29-22-16-14-21(15-17-22)26(2,3)4/h5-17,19H,18H2,1-4H3/t19-/m1/s1. The number of para-hydroxylation sites is 2. The van der Waals surface area contributed by atoms with Crippen molar-refractivity contribution >= 4 is 11.0 Å². The van der Waals surface area contributed by atoms with Crippen molar-refractivity contribution in [2.45, 2.75) is 45.8 Å². The predicted octanol–water partition coefficient (Wildman–Crippen LogP) is 6.52. The molecule has 0 radical (unpaired) electrons. The molecule has 3 aromatic carbocycles. The molecule has 0 bridgehead atoms. The highest BCUT2D eigenvalue weighted by Gasteiger charge is 2.18. The highest BCUT2D eigenvalue weighted by atomic mass is 16.5. The number of aromatic nitrogens is 2. The second-order valence-corrected chi connectivity index (χ2v) is 8.54. The minimum atomic E-state index is 0.137. The van der Waals surface area contributed by atoms with Crippen LogP contribution in [0.4, 0.5) is 0 Å². The van der Waals surface area contributed by atoms with E-state index in [0.29, 0.717) is 6.61 Å². The first-order valence-corrected chi connectivity index (χ1v) is 10.2. The first-order chi connectivity index (χ1) is 13.9. The molecule has 0 unspecified atom stereocenters. The van der Waals surface area contributed by atoms with Gasteiger partial charge < -0.3 is 9.30 Å². The lowest BCUT2D eigenvalue weighted by Crippen LogP contribution is -2.13. The molecule has 148 valence electrons. The summed E-state index contributed by atoms with van der Waals surface area (Å²) >= 11 is 0. The molecule has 0 N–H and O–H groups in total. The number of hydrogen-bond acceptors (Lipinski definition) is 2. The number of benzene rings is 3. The predicted molar refractivity (Wildman–Crippen MR) is 119 cm³/mol. The molecule has 3 nitrogen and oxygen atoms in total. The van der Waals surface area contributed by atoms with Crippen molar-refractivity contribution in [1.29, 1.82) is 0 Å². The largest absolute Gasteiger partial charge is 0.486 e. The van der Waals surface area contributed by atoms with Crippen LogP contribution in [0, 0.1) is 0 Å². The van der Waals surface area contributed by atoms with Gasteiger partial charge >= 0.3 is 0 Å². The highest BCUT2D eigenvalue weighted by molar-refractivity contribution is 5.76. The van der Waals surface area contributed by atoms with E-state index < -0.39 is 0 Å². The minimum Gasteiger partial charge on any atom is -0.486 e. The van der Waals surface area contributed by atoms with E-state index in [2.05, 4.69) is 86.9 Å². The molecule has 0 aliphatic rings. The maximum Gasteiger partial charge on any atom is 0.148 e. The summed E-state index contributed by atoms with van der Waals surface area (Å²) in [6.07, 6.45) is 0. The van der Waals surface area contributed by atoms with Gasteiger partial charge in [-0.25, -0.2) is 4.98 Å². The Labute approximate surface area is 173 Å². The fraction of sp³-hybridized carbons (Fsp3) is 0.269. The van der Waals surface area contributed by atoms with Crippen LogP contribution in [-0.4, -0.2) is 9.55 Å². The van der Waals surface area contributed by atoms with Crippen LogP contribution in [0.2, 0.25) is 0 Å². The van der Waals surface area contributed by atoms with Crippen LogP contribution in [0.25, 0.3) is 11.0 Å². The molecule has 3 heteroatoms. The fourth-order valence-electron chi connectivity index (χ4n) is 3.71. The van der Waals surface area contributed by atoms with E-state index in [-0.39, 0.29) is 11.5 Å². The topological polar surface area (TPSA) is 27.1 Å². The van der Waals surface area contributed by atoms with E-state index in [1.165, 1.54) is 11.1 Å². The molecule has 1 atom stereocenters. The van der Waals surface area contributed by atoms with Crippen molar-refractivity contribution in [2.75, 3.05) is 0 Å². The zero-order valence-electron chi connectivity index (χ0n) is 17.6. The molecular weight excluding hydrogens is 356 g/mol. The lowest BCUT2D eigenvalue weighted by atomic mass is 9.87. The van der Waals surface area contributed by atoms with Crippen molar-refractivity contribution in [3.05, 3.63) is 95.8 Å². The van der Waals surface area contributed by atoms with Crippen LogP contribution >= 0.6 is 0 Å². The van der Waals surface area contributed by atoms with Crippen LogP contribution < -0.4 is 4.74 Å². The van der Waals surface area contributed by atoms with Crippen molar-refractivity contribution in [3.8, 4) is 5.75 Å². The van der Waals surface area contributed by atoms with Crippen molar-refractivity contribution in [2.24, 2.45) is 0 Å². The molecule has 0 saturated carbocycles. The van der Waals surface area contributed by atoms with Gasteiger partial charge in [0, 0.05) is 0 Å². The zero-order chi connectivity index (χ0) is 20.4. The lowest BCUT2D eigenvalue weighted by molar-refractivity contribution is 0.288. The maximum absolute atomic E-state index is 6.13. The van der Waals surface area contributed by atoms with Crippen LogP contribution in [0.3, 0.4) is 0 Å². The summed E-state index contributed by atoms with van der Waals surface area (Å²) in [5.41, 5.74) is 4.82. The molecule has 29 heavy (non-hydrogen) atoms. The van der Waals surface area contributed by atoms with Gasteiger partial charge in [0.15, 0.2) is 0 Å². The van der Waals surface area contributed by atoms with Gasteiger partial charge in [-0.1, -0.05) is 75.4 Å². The Kier molecular flexibility index (Phi) is 5.14. The number of hydrogen-bond donors (Lipinski definition) is 0. The third-order valence-electron chi connectivity index (χ3n) is 5.43. The molecule has 0 saturated heterocycles. The van der Waals surface area contributed by atoms with E-state index in [1.807, 2.05) is 24.3 Å². The van der Waals surface area contributed by atoms with Gasteiger partial charge in [0.2, 0.25) is 0 Å². The molecule has 4 rings (SSSR count). The second-order valence-electron chi connectivity index (χ2n) is 8.54. The van der Waals surface area contributed by atoms with E-state index in [9.17, 15) is 0 Å². The number of imidazole rings is 1. The zero-order valence-corrected chi connectivity index (χ0v) is 17.6. The van der Waals surface area contributed by atoms with Crippen molar-refractivity contribution in [1.82, 2.24) is 9.55 Å². The summed E-state index contributed by atoms with van der Waals surface area (Å²) in [5, 5.41) is 0. The molecule has 0 amide bonds. The van der Waals surface area contributed by atoms with Gasteiger partial charge in [0.25, 0.3) is 0 Å². The highest BCUT2D eigenvalue weighted by Crippen LogP contribution is 2.28. The Morgan fingerprint density at radius 2 is 1.52 bits per heavy atom. The average molecular weight is 385 g/mol. The Balaban J connectivity index is 1.64. The summed E-state index contributed by atoms with van der Waals surface area (Å²) in [6.45, 7) is 9.30. The van der Waals surface area contributed by atoms with Gasteiger partial charge in [0.05, 0.1) is 17.1 Å². The number of rotatable bonds is 5. The fourth-order valence-corrected chi connectivity index (χ4v) is 3.71. The summed E-state index contributed by atoms with van der Waals surface area (Å²) in [7, 11) is 0. The Bertz CT molecular complexity index is 1090. The number of nitrogens with zero attached hydrogens (tertiary/aromatic N) is 2. The monoisotopic (exact) mass is 384 g/mol. The molecule has 0 fully saturated rings. The van der Waals surface area contributed by atoms with Crippen molar-refractivity contribution in [3.63, 3.8) is 0 Å².